The van der Waals surface area contributed by atoms with Gasteiger partial charge in [0.05, 0.1) is 5.57 Å². The van der Waals surface area contributed by atoms with Crippen molar-refractivity contribution in [3.8, 4) is 5.75 Å². The molecule has 0 saturated heterocycles. The van der Waals surface area contributed by atoms with Crippen LogP contribution in [0, 0.1) is 0 Å². The molecule has 0 fully saturated rings. The molecule has 1 aliphatic heterocycles. The van der Waals surface area contributed by atoms with Gasteiger partial charge < -0.3 is 20.5 Å². The second-order valence-corrected chi connectivity index (χ2v) is 8.85. The highest BCUT2D eigenvalue weighted by Crippen LogP contribution is 2.36. The van der Waals surface area contributed by atoms with Crippen LogP contribution >= 0.6 is 0 Å². The van der Waals surface area contributed by atoms with Gasteiger partial charge in [-0.15, -0.1) is 0 Å². The highest BCUT2D eigenvalue weighted by molar-refractivity contribution is 6.06. The lowest BCUT2D eigenvalue weighted by Gasteiger charge is -2.28. The molecule has 3 N–H and O–H groups in total. The number of anilines is 2. The minimum atomic E-state index is -0.487. The number of aromatic nitrogens is 3. The molecule has 0 spiro atoms. The minimum absolute atomic E-state index is 0.0627. The third-order valence-corrected chi connectivity index (χ3v) is 6.18. The summed E-state index contributed by atoms with van der Waals surface area (Å²) in [4.78, 5) is 18.2. The number of amides is 1. The van der Waals surface area contributed by atoms with Gasteiger partial charge >= 0.3 is 0 Å². The lowest BCUT2D eigenvalue weighted by molar-refractivity contribution is -0.113. The Bertz CT molecular complexity index is 1380. The van der Waals surface area contributed by atoms with E-state index in [1.54, 1.807) is 4.68 Å². The molecule has 8 nitrogen and oxygen atoms in total. The molecule has 1 aliphatic rings. The summed E-state index contributed by atoms with van der Waals surface area (Å²) in [5, 5.41) is 20.2. The van der Waals surface area contributed by atoms with Gasteiger partial charge in [0.15, 0.2) is 5.82 Å². The van der Waals surface area contributed by atoms with E-state index >= 15 is 0 Å². The Morgan fingerprint density at radius 2 is 1.73 bits per heavy atom. The molecule has 1 aromatic heterocycles. The van der Waals surface area contributed by atoms with Crippen molar-refractivity contribution < 1.29 is 14.6 Å². The maximum absolute atomic E-state index is 13.5. The minimum Gasteiger partial charge on any atom is -0.489 e. The van der Waals surface area contributed by atoms with Crippen molar-refractivity contribution in [3.63, 3.8) is 0 Å². The number of carbonyl (C=O) groups is 1. The number of rotatable bonds is 9. The standard InChI is InChI=1S/C29H29N5O3/c1-20-26(28(36)31-23-11-6-3-7-12-23)27(34-29(30-20)32-25(33-34)13-8-18-35)22-14-16-24(17-15-22)37-19-21-9-4-2-5-10-21/h2-7,9-12,14-17,27,35H,8,13,18-19H2,1H3,(H,31,36)(H,30,32,33). The maximum Gasteiger partial charge on any atom is 0.255 e. The van der Waals surface area contributed by atoms with Crippen LogP contribution in [0.2, 0.25) is 0 Å². The third kappa shape index (κ3) is 5.54. The second-order valence-electron chi connectivity index (χ2n) is 8.85. The normalized spacial score (nSPS) is 14.6. The molecule has 3 aromatic carbocycles. The number of carbonyl (C=O) groups excluding carboxylic acids is 1. The molecule has 2 heterocycles. The van der Waals surface area contributed by atoms with Gasteiger partial charge in [0.25, 0.3) is 5.91 Å². The Kier molecular flexibility index (Phi) is 7.28. The van der Waals surface area contributed by atoms with E-state index < -0.39 is 6.04 Å². The van der Waals surface area contributed by atoms with Crippen LogP contribution in [0.25, 0.3) is 0 Å². The lowest BCUT2D eigenvalue weighted by atomic mass is 9.95. The zero-order valence-corrected chi connectivity index (χ0v) is 20.6. The fraction of sp³-hybridized carbons (Fsp3) is 0.207. The van der Waals surface area contributed by atoms with E-state index in [2.05, 4.69) is 15.6 Å². The van der Waals surface area contributed by atoms with E-state index in [0.717, 1.165) is 16.9 Å². The van der Waals surface area contributed by atoms with E-state index in [1.165, 1.54) is 0 Å². The number of aliphatic hydroxyl groups excluding tert-OH is 1. The number of hydrogen-bond acceptors (Lipinski definition) is 6. The van der Waals surface area contributed by atoms with Crippen LogP contribution in [0.5, 0.6) is 5.75 Å². The lowest BCUT2D eigenvalue weighted by Crippen LogP contribution is -2.31. The average molecular weight is 496 g/mol. The largest absolute Gasteiger partial charge is 0.489 e. The van der Waals surface area contributed by atoms with Crippen molar-refractivity contribution in [2.24, 2.45) is 0 Å². The van der Waals surface area contributed by atoms with Gasteiger partial charge in [-0.2, -0.15) is 10.1 Å². The summed E-state index contributed by atoms with van der Waals surface area (Å²) >= 11 is 0. The highest BCUT2D eigenvalue weighted by Gasteiger charge is 2.34. The fourth-order valence-corrected chi connectivity index (χ4v) is 4.35. The van der Waals surface area contributed by atoms with Crippen LogP contribution in [-0.4, -0.2) is 32.4 Å². The molecular formula is C29H29N5O3. The number of benzene rings is 3. The van der Waals surface area contributed by atoms with Crippen LogP contribution in [0.15, 0.2) is 96.2 Å². The topological polar surface area (TPSA) is 101 Å². The highest BCUT2D eigenvalue weighted by atomic mass is 16.5. The number of hydrogen-bond donors (Lipinski definition) is 3. The molecule has 8 heteroatoms. The summed E-state index contributed by atoms with van der Waals surface area (Å²) in [7, 11) is 0. The summed E-state index contributed by atoms with van der Waals surface area (Å²) in [6, 6.07) is 26.6. The second kappa shape index (κ2) is 11.1. The van der Waals surface area contributed by atoms with Crippen molar-refractivity contribution in [3.05, 3.63) is 113 Å². The molecule has 5 rings (SSSR count). The Morgan fingerprint density at radius 1 is 1.03 bits per heavy atom. The van der Waals surface area contributed by atoms with Gasteiger partial charge in [-0.3, -0.25) is 4.79 Å². The summed E-state index contributed by atoms with van der Waals surface area (Å²) in [6.07, 6.45) is 1.11. The number of aryl methyl sites for hydroxylation is 1. The zero-order valence-electron chi connectivity index (χ0n) is 20.6. The van der Waals surface area contributed by atoms with E-state index in [1.807, 2.05) is 91.9 Å². The molecule has 1 unspecified atom stereocenters. The van der Waals surface area contributed by atoms with Crippen LogP contribution in [0.3, 0.4) is 0 Å². The Morgan fingerprint density at radius 3 is 2.43 bits per heavy atom. The Balaban J connectivity index is 1.45. The molecule has 0 aliphatic carbocycles. The summed E-state index contributed by atoms with van der Waals surface area (Å²) in [5.74, 6) is 1.70. The molecule has 188 valence electrons. The molecule has 4 aromatic rings. The smallest absolute Gasteiger partial charge is 0.255 e. The first-order valence-electron chi connectivity index (χ1n) is 12.3. The van der Waals surface area contributed by atoms with Crippen molar-refractivity contribution in [2.75, 3.05) is 17.2 Å². The number of aliphatic hydroxyl groups is 1. The number of nitrogens with zero attached hydrogens (tertiary/aromatic N) is 3. The van der Waals surface area contributed by atoms with Crippen molar-refractivity contribution in [1.82, 2.24) is 14.8 Å². The van der Waals surface area contributed by atoms with Crippen molar-refractivity contribution >= 4 is 17.5 Å². The van der Waals surface area contributed by atoms with Gasteiger partial charge in [-0.25, -0.2) is 4.68 Å². The molecule has 0 bridgehead atoms. The summed E-state index contributed by atoms with van der Waals surface area (Å²) < 4.78 is 7.71. The molecule has 0 radical (unpaired) electrons. The number of ether oxygens (including phenoxy) is 1. The van der Waals surface area contributed by atoms with Crippen LogP contribution in [0.4, 0.5) is 11.6 Å². The van der Waals surface area contributed by atoms with Crippen molar-refractivity contribution in [1.29, 1.82) is 0 Å². The average Bonchev–Trinajstić information content (AvgIpc) is 3.33. The summed E-state index contributed by atoms with van der Waals surface area (Å²) in [6.45, 7) is 2.40. The van der Waals surface area contributed by atoms with Crippen molar-refractivity contribution in [2.45, 2.75) is 32.4 Å². The Labute approximate surface area is 215 Å². The summed E-state index contributed by atoms with van der Waals surface area (Å²) in [5.41, 5.74) is 3.94. The van der Waals surface area contributed by atoms with Crippen LogP contribution < -0.4 is 15.4 Å². The SMILES string of the molecule is CC1=C(C(=O)Nc2ccccc2)C(c2ccc(OCc3ccccc3)cc2)n2nc(CCCO)nc2N1. The first-order valence-corrected chi connectivity index (χ1v) is 12.3. The number of fused-ring (bicyclic) bond motifs is 1. The van der Waals surface area contributed by atoms with Crippen LogP contribution in [-0.2, 0) is 17.8 Å². The third-order valence-electron chi connectivity index (χ3n) is 6.18. The molecular weight excluding hydrogens is 466 g/mol. The maximum atomic E-state index is 13.5. The molecule has 1 atom stereocenters. The first-order chi connectivity index (χ1) is 18.1. The Hall–Kier alpha value is -4.43. The number of para-hydroxylation sites is 1. The monoisotopic (exact) mass is 495 g/mol. The number of allylic oxidation sites excluding steroid dienone is 1. The van der Waals surface area contributed by atoms with Gasteiger partial charge in [0.2, 0.25) is 5.95 Å². The van der Waals surface area contributed by atoms with E-state index in [9.17, 15) is 9.90 Å². The van der Waals surface area contributed by atoms with E-state index in [-0.39, 0.29) is 12.5 Å². The van der Waals surface area contributed by atoms with E-state index in [0.29, 0.717) is 48.2 Å². The first kappa shape index (κ1) is 24.3. The van der Waals surface area contributed by atoms with Gasteiger partial charge in [-0.05, 0) is 48.7 Å². The molecule has 37 heavy (non-hydrogen) atoms. The van der Waals surface area contributed by atoms with Gasteiger partial charge in [0, 0.05) is 24.4 Å². The van der Waals surface area contributed by atoms with Gasteiger partial charge in [-0.1, -0.05) is 60.7 Å². The van der Waals surface area contributed by atoms with Gasteiger partial charge in [0.1, 0.15) is 18.4 Å². The predicted octanol–water partition coefficient (Wildman–Crippen LogP) is 4.71. The fourth-order valence-electron chi connectivity index (χ4n) is 4.35. The molecule has 1 amide bonds. The quantitative estimate of drug-likeness (QED) is 0.311. The zero-order chi connectivity index (χ0) is 25.6. The van der Waals surface area contributed by atoms with E-state index in [4.69, 9.17) is 9.84 Å². The predicted molar refractivity (Wildman–Crippen MR) is 142 cm³/mol. The number of nitrogens with one attached hydrogen (secondary N) is 2. The molecule has 0 saturated carbocycles. The van der Waals surface area contributed by atoms with Crippen LogP contribution in [0.1, 0.15) is 36.3 Å².